The van der Waals surface area contributed by atoms with Crippen molar-refractivity contribution < 1.29 is 4.79 Å². The highest BCUT2D eigenvalue weighted by molar-refractivity contribution is 7.80. The third kappa shape index (κ3) is 2.65. The number of rotatable bonds is 4. The Morgan fingerprint density at radius 1 is 1.18 bits per heavy atom. The lowest BCUT2D eigenvalue weighted by Crippen LogP contribution is -2.34. The lowest BCUT2D eigenvalue weighted by atomic mass is 10.2. The lowest BCUT2D eigenvalue weighted by Gasteiger charge is -2.22. The predicted octanol–water partition coefficient (Wildman–Crippen LogP) is 2.99. The second-order valence-electron chi connectivity index (χ2n) is 5.18. The molecule has 0 bridgehead atoms. The summed E-state index contributed by atoms with van der Waals surface area (Å²) < 4.78 is 0. The monoisotopic (exact) mass is 247 g/mol. The Morgan fingerprint density at radius 2 is 1.82 bits per heavy atom. The van der Waals surface area contributed by atoms with E-state index in [0.717, 1.165) is 22.9 Å². The van der Waals surface area contributed by atoms with Crippen LogP contribution in [-0.4, -0.2) is 23.4 Å². The second kappa shape index (κ2) is 4.37. The van der Waals surface area contributed by atoms with Crippen molar-refractivity contribution in [2.45, 2.75) is 36.6 Å². The molecule has 2 aliphatic carbocycles. The maximum Gasteiger partial charge on any atom is 0.254 e. The predicted molar refractivity (Wildman–Crippen MR) is 70.5 cm³/mol. The number of benzene rings is 1. The number of hydrogen-bond acceptors (Lipinski definition) is 2. The average molecular weight is 247 g/mol. The van der Waals surface area contributed by atoms with Gasteiger partial charge in [0.15, 0.2) is 0 Å². The van der Waals surface area contributed by atoms with Crippen molar-refractivity contribution in [1.29, 1.82) is 0 Å². The van der Waals surface area contributed by atoms with Gasteiger partial charge < -0.3 is 4.90 Å². The first-order valence-corrected chi connectivity index (χ1v) is 6.79. The fraction of sp³-hybridized carbons (Fsp3) is 0.500. The SMILES string of the molecule is O=C(c1ccc(S)cc1)N(CC1CC1)C1CC1. The van der Waals surface area contributed by atoms with Crippen molar-refractivity contribution in [3.63, 3.8) is 0 Å². The summed E-state index contributed by atoms with van der Waals surface area (Å²) >= 11 is 4.25. The number of thiol groups is 1. The minimum absolute atomic E-state index is 0.202. The molecule has 0 saturated heterocycles. The van der Waals surface area contributed by atoms with Crippen LogP contribution >= 0.6 is 12.6 Å². The summed E-state index contributed by atoms with van der Waals surface area (Å²) in [5.74, 6) is 0.969. The molecule has 0 atom stereocenters. The van der Waals surface area contributed by atoms with Gasteiger partial charge in [0, 0.05) is 23.0 Å². The Labute approximate surface area is 107 Å². The molecular weight excluding hydrogens is 230 g/mol. The Morgan fingerprint density at radius 3 is 2.35 bits per heavy atom. The van der Waals surface area contributed by atoms with Gasteiger partial charge in [0.2, 0.25) is 0 Å². The summed E-state index contributed by atoms with van der Waals surface area (Å²) in [6.07, 6.45) is 4.96. The highest BCUT2D eigenvalue weighted by Crippen LogP contribution is 2.35. The van der Waals surface area contributed by atoms with E-state index in [9.17, 15) is 4.79 Å². The van der Waals surface area contributed by atoms with E-state index in [1.54, 1.807) is 0 Å². The van der Waals surface area contributed by atoms with Crippen LogP contribution in [-0.2, 0) is 0 Å². The van der Waals surface area contributed by atoms with Crippen molar-refractivity contribution in [1.82, 2.24) is 4.90 Å². The van der Waals surface area contributed by atoms with Crippen molar-refractivity contribution in [2.24, 2.45) is 5.92 Å². The molecule has 2 fully saturated rings. The number of amides is 1. The number of hydrogen-bond donors (Lipinski definition) is 1. The smallest absolute Gasteiger partial charge is 0.254 e. The van der Waals surface area contributed by atoms with Crippen LogP contribution in [0.1, 0.15) is 36.0 Å². The van der Waals surface area contributed by atoms with Gasteiger partial charge in [0.1, 0.15) is 0 Å². The molecule has 0 radical (unpaired) electrons. The number of nitrogens with zero attached hydrogens (tertiary/aromatic N) is 1. The van der Waals surface area contributed by atoms with E-state index in [-0.39, 0.29) is 5.91 Å². The van der Waals surface area contributed by atoms with E-state index >= 15 is 0 Å². The zero-order valence-corrected chi connectivity index (χ0v) is 10.7. The average Bonchev–Trinajstić information content (AvgIpc) is 3.18. The maximum atomic E-state index is 12.4. The van der Waals surface area contributed by atoms with E-state index in [0.29, 0.717) is 6.04 Å². The zero-order valence-electron chi connectivity index (χ0n) is 9.80. The molecular formula is C14H17NOS. The van der Waals surface area contributed by atoms with Gasteiger partial charge in [-0.2, -0.15) is 0 Å². The first-order chi connectivity index (χ1) is 8.24. The van der Waals surface area contributed by atoms with Gasteiger partial charge in [-0.1, -0.05) is 0 Å². The van der Waals surface area contributed by atoms with Crippen molar-refractivity contribution in [3.8, 4) is 0 Å². The van der Waals surface area contributed by atoms with Crippen LogP contribution < -0.4 is 0 Å². The standard InChI is InChI=1S/C14H17NOS/c16-14(11-3-7-13(17)8-4-11)15(12-5-6-12)9-10-1-2-10/h3-4,7-8,10,12,17H,1-2,5-6,9H2. The van der Waals surface area contributed by atoms with Crippen LogP contribution in [0.5, 0.6) is 0 Å². The molecule has 0 heterocycles. The third-order valence-corrected chi connectivity index (χ3v) is 3.81. The molecule has 2 aliphatic rings. The van der Waals surface area contributed by atoms with Crippen LogP contribution in [0.2, 0.25) is 0 Å². The largest absolute Gasteiger partial charge is 0.335 e. The van der Waals surface area contributed by atoms with Crippen LogP contribution in [0.15, 0.2) is 29.2 Å². The Balaban J connectivity index is 1.75. The molecule has 3 heteroatoms. The molecule has 0 N–H and O–H groups in total. The molecule has 1 amide bonds. The molecule has 0 unspecified atom stereocenters. The lowest BCUT2D eigenvalue weighted by molar-refractivity contribution is 0.0734. The van der Waals surface area contributed by atoms with E-state index in [4.69, 9.17) is 0 Å². The van der Waals surface area contributed by atoms with E-state index in [1.165, 1.54) is 25.7 Å². The Hall–Kier alpha value is -0.960. The topological polar surface area (TPSA) is 20.3 Å². The summed E-state index contributed by atoms with van der Waals surface area (Å²) in [5, 5.41) is 0. The van der Waals surface area contributed by atoms with E-state index in [1.807, 2.05) is 24.3 Å². The van der Waals surface area contributed by atoms with Crippen LogP contribution in [0.3, 0.4) is 0 Å². The molecule has 0 spiro atoms. The van der Waals surface area contributed by atoms with Crippen molar-refractivity contribution in [2.75, 3.05) is 6.54 Å². The van der Waals surface area contributed by atoms with Crippen molar-refractivity contribution >= 4 is 18.5 Å². The van der Waals surface area contributed by atoms with Gasteiger partial charge in [-0.15, -0.1) is 12.6 Å². The van der Waals surface area contributed by atoms with Gasteiger partial charge >= 0.3 is 0 Å². The summed E-state index contributed by atoms with van der Waals surface area (Å²) in [6.45, 7) is 0.964. The summed E-state index contributed by atoms with van der Waals surface area (Å²) in [6, 6.07) is 8.05. The van der Waals surface area contributed by atoms with Crippen molar-refractivity contribution in [3.05, 3.63) is 29.8 Å². The molecule has 2 saturated carbocycles. The first-order valence-electron chi connectivity index (χ1n) is 6.34. The third-order valence-electron chi connectivity index (χ3n) is 3.51. The quantitative estimate of drug-likeness (QED) is 0.811. The van der Waals surface area contributed by atoms with Crippen LogP contribution in [0, 0.1) is 5.92 Å². The number of carbonyl (C=O) groups excluding carboxylic acids is 1. The van der Waals surface area contributed by atoms with Gasteiger partial charge in [0.25, 0.3) is 5.91 Å². The zero-order chi connectivity index (χ0) is 11.8. The summed E-state index contributed by atoms with van der Waals surface area (Å²) in [5.41, 5.74) is 0.801. The normalized spacial score (nSPS) is 19.1. The number of carbonyl (C=O) groups is 1. The first kappa shape index (κ1) is 11.1. The van der Waals surface area contributed by atoms with Gasteiger partial charge in [-0.3, -0.25) is 4.79 Å². The van der Waals surface area contributed by atoms with Crippen LogP contribution in [0.4, 0.5) is 0 Å². The molecule has 3 rings (SSSR count). The minimum Gasteiger partial charge on any atom is -0.335 e. The van der Waals surface area contributed by atoms with E-state index in [2.05, 4.69) is 17.5 Å². The minimum atomic E-state index is 0.202. The molecule has 0 aliphatic heterocycles. The molecule has 1 aromatic carbocycles. The molecule has 90 valence electrons. The van der Waals surface area contributed by atoms with Gasteiger partial charge in [0.05, 0.1) is 0 Å². The van der Waals surface area contributed by atoms with Crippen LogP contribution in [0.25, 0.3) is 0 Å². The summed E-state index contributed by atoms with van der Waals surface area (Å²) in [7, 11) is 0. The fourth-order valence-electron chi connectivity index (χ4n) is 2.13. The Kier molecular flexibility index (Phi) is 2.87. The molecule has 17 heavy (non-hydrogen) atoms. The van der Waals surface area contributed by atoms with E-state index < -0.39 is 0 Å². The molecule has 1 aromatic rings. The second-order valence-corrected chi connectivity index (χ2v) is 5.70. The van der Waals surface area contributed by atoms with Gasteiger partial charge in [-0.25, -0.2) is 0 Å². The molecule has 2 nitrogen and oxygen atoms in total. The fourth-order valence-corrected chi connectivity index (χ4v) is 2.28. The Bertz CT molecular complexity index is 420. The highest BCUT2D eigenvalue weighted by Gasteiger charge is 2.36. The van der Waals surface area contributed by atoms with Gasteiger partial charge in [-0.05, 0) is 55.9 Å². The summed E-state index contributed by atoms with van der Waals surface area (Å²) in [4.78, 5) is 15.4. The highest BCUT2D eigenvalue weighted by atomic mass is 32.1. The maximum absolute atomic E-state index is 12.4. The molecule has 0 aromatic heterocycles.